The molecule has 0 unspecified atom stereocenters. The van der Waals surface area contributed by atoms with Gasteiger partial charge in [-0.3, -0.25) is 4.79 Å². The molecular formula is C22H23N3O4. The van der Waals surface area contributed by atoms with Crippen LogP contribution in [0.1, 0.15) is 40.2 Å². The Balaban J connectivity index is 1.82. The van der Waals surface area contributed by atoms with E-state index in [-0.39, 0.29) is 17.2 Å². The number of benzene rings is 1. The first-order valence-electron chi connectivity index (χ1n) is 9.45. The molecule has 1 aliphatic rings. The van der Waals surface area contributed by atoms with E-state index >= 15 is 0 Å². The van der Waals surface area contributed by atoms with Gasteiger partial charge in [0.05, 0.1) is 11.7 Å². The minimum atomic E-state index is -0.978. The third kappa shape index (κ3) is 4.55. The lowest BCUT2D eigenvalue weighted by Gasteiger charge is -2.11. The van der Waals surface area contributed by atoms with Gasteiger partial charge in [-0.25, -0.2) is 4.79 Å². The first-order chi connectivity index (χ1) is 13.9. The van der Waals surface area contributed by atoms with Crippen LogP contribution in [0, 0.1) is 25.2 Å². The monoisotopic (exact) mass is 393 g/mol. The van der Waals surface area contributed by atoms with Crippen LogP contribution >= 0.6 is 0 Å². The summed E-state index contributed by atoms with van der Waals surface area (Å²) in [5.74, 6) is -1.40. The summed E-state index contributed by atoms with van der Waals surface area (Å²) >= 11 is 0. The molecule has 150 valence electrons. The summed E-state index contributed by atoms with van der Waals surface area (Å²) in [5.41, 5.74) is 3.58. The number of amides is 1. The lowest BCUT2D eigenvalue weighted by atomic mass is 10.1. The van der Waals surface area contributed by atoms with Gasteiger partial charge in [0.25, 0.3) is 5.91 Å². The summed E-state index contributed by atoms with van der Waals surface area (Å²) in [6, 6.07) is 10.4. The van der Waals surface area contributed by atoms with Crippen LogP contribution in [-0.4, -0.2) is 40.8 Å². The van der Waals surface area contributed by atoms with Gasteiger partial charge >= 0.3 is 5.97 Å². The van der Waals surface area contributed by atoms with Gasteiger partial charge in [0.1, 0.15) is 11.6 Å². The fraction of sp³-hybridized carbons (Fsp3) is 0.318. The van der Waals surface area contributed by atoms with Crippen molar-refractivity contribution in [1.82, 2.24) is 9.88 Å². The fourth-order valence-electron chi connectivity index (χ4n) is 3.50. The number of aromatic carboxylic acids is 1. The molecular weight excluding hydrogens is 370 g/mol. The van der Waals surface area contributed by atoms with Crippen LogP contribution in [-0.2, 0) is 9.53 Å². The molecule has 2 aromatic rings. The highest BCUT2D eigenvalue weighted by atomic mass is 16.5. The number of ether oxygens (including phenoxy) is 1. The number of rotatable bonds is 6. The molecule has 1 aromatic heterocycles. The Kier molecular flexibility index (Phi) is 6.15. The van der Waals surface area contributed by atoms with Crippen molar-refractivity contribution in [3.63, 3.8) is 0 Å². The Morgan fingerprint density at radius 3 is 2.66 bits per heavy atom. The molecule has 1 amide bonds. The van der Waals surface area contributed by atoms with Gasteiger partial charge in [0.2, 0.25) is 0 Å². The third-order valence-electron chi connectivity index (χ3n) is 5.02. The SMILES string of the molecule is Cc1cc(/C=C(\C#N)C(=O)NC[C@@H]2CCCO2)c(C)n1-c1ccc(C(=O)O)cc1. The molecule has 2 N–H and O–H groups in total. The van der Waals surface area contributed by atoms with Crippen molar-refractivity contribution in [2.75, 3.05) is 13.2 Å². The Hall–Kier alpha value is -3.37. The van der Waals surface area contributed by atoms with Gasteiger partial charge < -0.3 is 19.7 Å². The summed E-state index contributed by atoms with van der Waals surface area (Å²) < 4.78 is 7.44. The first-order valence-corrected chi connectivity index (χ1v) is 9.45. The molecule has 7 heteroatoms. The van der Waals surface area contributed by atoms with Gasteiger partial charge in [0, 0.05) is 30.2 Å². The molecule has 0 radical (unpaired) electrons. The quantitative estimate of drug-likeness (QED) is 0.580. The largest absolute Gasteiger partial charge is 0.478 e. The van der Waals surface area contributed by atoms with Crippen LogP contribution in [0.15, 0.2) is 35.9 Å². The molecule has 0 bridgehead atoms. The molecule has 0 aliphatic carbocycles. The van der Waals surface area contributed by atoms with E-state index in [2.05, 4.69) is 5.32 Å². The van der Waals surface area contributed by atoms with Crippen molar-refractivity contribution >= 4 is 18.0 Å². The first kappa shape index (κ1) is 20.4. The van der Waals surface area contributed by atoms with Gasteiger partial charge in [-0.2, -0.15) is 5.26 Å². The smallest absolute Gasteiger partial charge is 0.335 e. The molecule has 0 saturated carbocycles. The van der Waals surface area contributed by atoms with Crippen LogP contribution in [0.2, 0.25) is 0 Å². The van der Waals surface area contributed by atoms with Gasteiger partial charge in [0.15, 0.2) is 0 Å². The van der Waals surface area contributed by atoms with E-state index < -0.39 is 11.9 Å². The second-order valence-electron chi connectivity index (χ2n) is 7.03. The predicted molar refractivity (Wildman–Crippen MR) is 108 cm³/mol. The van der Waals surface area contributed by atoms with E-state index in [9.17, 15) is 14.9 Å². The van der Waals surface area contributed by atoms with Crippen molar-refractivity contribution in [2.24, 2.45) is 0 Å². The molecule has 3 rings (SSSR count). The van der Waals surface area contributed by atoms with Gasteiger partial charge in [-0.15, -0.1) is 0 Å². The highest BCUT2D eigenvalue weighted by molar-refractivity contribution is 6.01. The minimum Gasteiger partial charge on any atom is -0.478 e. The Morgan fingerprint density at radius 1 is 1.34 bits per heavy atom. The molecule has 1 aromatic carbocycles. The zero-order chi connectivity index (χ0) is 21.0. The maximum atomic E-state index is 12.4. The predicted octanol–water partition coefficient (Wildman–Crippen LogP) is 2.99. The van der Waals surface area contributed by atoms with Crippen LogP contribution in [0.25, 0.3) is 11.8 Å². The van der Waals surface area contributed by atoms with Gasteiger partial charge in [-0.05, 0) is 68.7 Å². The second-order valence-corrected chi connectivity index (χ2v) is 7.03. The van der Waals surface area contributed by atoms with E-state index in [0.29, 0.717) is 13.2 Å². The average molecular weight is 393 g/mol. The number of hydrogen-bond acceptors (Lipinski definition) is 4. The van der Waals surface area contributed by atoms with Crippen molar-refractivity contribution in [3.8, 4) is 11.8 Å². The number of nitrogens with one attached hydrogen (secondary N) is 1. The number of carboxylic acid groups (broad SMARTS) is 1. The normalized spacial score (nSPS) is 16.4. The second kappa shape index (κ2) is 8.76. The number of aromatic nitrogens is 1. The molecule has 7 nitrogen and oxygen atoms in total. The minimum absolute atomic E-state index is 0.0118. The number of carbonyl (C=O) groups excluding carboxylic acids is 1. The van der Waals surface area contributed by atoms with Crippen molar-refractivity contribution in [3.05, 3.63) is 58.4 Å². The summed E-state index contributed by atoms with van der Waals surface area (Å²) in [6.45, 7) is 4.91. The Bertz CT molecular complexity index is 990. The summed E-state index contributed by atoms with van der Waals surface area (Å²) in [7, 11) is 0. The van der Waals surface area contributed by atoms with E-state index in [1.54, 1.807) is 30.3 Å². The molecule has 1 fully saturated rings. The molecule has 1 aliphatic heterocycles. The van der Waals surface area contributed by atoms with Crippen molar-refractivity contribution < 1.29 is 19.4 Å². The highest BCUT2D eigenvalue weighted by Crippen LogP contribution is 2.23. The van der Waals surface area contributed by atoms with Crippen LogP contribution in [0.3, 0.4) is 0 Å². The van der Waals surface area contributed by atoms with E-state index in [1.807, 2.05) is 30.6 Å². The summed E-state index contributed by atoms with van der Waals surface area (Å²) in [4.78, 5) is 23.4. The van der Waals surface area contributed by atoms with Crippen LogP contribution in [0.5, 0.6) is 0 Å². The van der Waals surface area contributed by atoms with Crippen LogP contribution < -0.4 is 5.32 Å². The summed E-state index contributed by atoms with van der Waals surface area (Å²) in [5, 5.41) is 21.3. The standard InChI is InChI=1S/C22H23N3O4/c1-14-10-17(11-18(12-23)21(26)24-13-20-4-3-9-29-20)15(2)25(14)19-7-5-16(6-8-19)22(27)28/h5-8,10-11,20H,3-4,9,13H2,1-2H3,(H,24,26)(H,27,28)/b18-11+/t20-/m0/s1. The van der Waals surface area contributed by atoms with Crippen molar-refractivity contribution in [2.45, 2.75) is 32.8 Å². The maximum Gasteiger partial charge on any atom is 0.335 e. The molecule has 29 heavy (non-hydrogen) atoms. The lowest BCUT2D eigenvalue weighted by molar-refractivity contribution is -0.117. The van der Waals surface area contributed by atoms with Crippen molar-refractivity contribution in [1.29, 1.82) is 5.26 Å². The average Bonchev–Trinajstić information content (AvgIpc) is 3.32. The third-order valence-corrected chi connectivity index (χ3v) is 5.02. The number of carboxylic acids is 1. The number of carbonyl (C=O) groups is 2. The Labute approximate surface area is 169 Å². The molecule has 0 spiro atoms. The van der Waals surface area contributed by atoms with E-state index in [4.69, 9.17) is 9.84 Å². The highest BCUT2D eigenvalue weighted by Gasteiger charge is 2.18. The van der Waals surface area contributed by atoms with E-state index in [0.717, 1.165) is 35.5 Å². The molecule has 1 atom stereocenters. The Morgan fingerprint density at radius 2 is 2.07 bits per heavy atom. The number of hydrogen-bond donors (Lipinski definition) is 2. The number of nitriles is 1. The number of nitrogens with zero attached hydrogens (tertiary/aromatic N) is 2. The van der Waals surface area contributed by atoms with E-state index in [1.165, 1.54) is 0 Å². The number of aryl methyl sites for hydroxylation is 1. The molecule has 1 saturated heterocycles. The zero-order valence-corrected chi connectivity index (χ0v) is 16.4. The zero-order valence-electron chi connectivity index (χ0n) is 16.4. The lowest BCUT2D eigenvalue weighted by Crippen LogP contribution is -2.32. The fourth-order valence-corrected chi connectivity index (χ4v) is 3.50. The topological polar surface area (TPSA) is 104 Å². The van der Waals surface area contributed by atoms with Gasteiger partial charge in [-0.1, -0.05) is 0 Å². The molecule has 2 heterocycles. The summed E-state index contributed by atoms with van der Waals surface area (Å²) in [6.07, 6.45) is 3.49. The van der Waals surface area contributed by atoms with Crippen LogP contribution in [0.4, 0.5) is 0 Å². The maximum absolute atomic E-state index is 12.4.